The van der Waals surface area contributed by atoms with E-state index in [0.29, 0.717) is 0 Å². The van der Waals surface area contributed by atoms with Gasteiger partial charge >= 0.3 is 23.9 Å². The van der Waals surface area contributed by atoms with Crippen LogP contribution in [0.4, 0.5) is 0 Å². The van der Waals surface area contributed by atoms with Crippen LogP contribution in [0.25, 0.3) is 0 Å². The fourth-order valence-corrected chi connectivity index (χ4v) is 0.272. The van der Waals surface area contributed by atoms with Crippen LogP contribution in [0.2, 0.25) is 0 Å². The standard InChI is InChI=1S/C4H6O4.2C4H6O2.C3H8O3/c5-3(6)1-2-4(7)8;2*1-3(2)4(5)6;4-1-3(6)2-5/h1-2H2,(H,5,6)(H,7,8);2*1H2,2H3,(H,5,6);3-6H,1-2H2. The minimum absolute atomic E-state index is 0.176. The Kier molecular flexibility index (Phi) is 24.2. The maximum Gasteiger partial charge on any atom is 0.330 e. The van der Waals surface area contributed by atoms with E-state index in [-0.39, 0.29) is 37.2 Å². The summed E-state index contributed by atoms with van der Waals surface area (Å²) < 4.78 is 0. The van der Waals surface area contributed by atoms with Crippen LogP contribution < -0.4 is 0 Å². The van der Waals surface area contributed by atoms with Gasteiger partial charge in [-0.3, -0.25) is 9.59 Å². The molecule has 26 heavy (non-hydrogen) atoms. The number of hydrogen-bond donors (Lipinski definition) is 7. The number of carbonyl (C=O) groups is 4. The minimum atomic E-state index is -1.08. The molecule has 7 N–H and O–H groups in total. The van der Waals surface area contributed by atoms with Crippen LogP contribution >= 0.6 is 0 Å². The van der Waals surface area contributed by atoms with Gasteiger partial charge < -0.3 is 35.7 Å². The highest BCUT2D eigenvalue weighted by Crippen LogP contribution is 1.86. The lowest BCUT2D eigenvalue weighted by Crippen LogP contribution is -2.15. The molecule has 0 aromatic rings. The molecule has 0 saturated heterocycles. The lowest BCUT2D eigenvalue weighted by Gasteiger charge is -1.96. The van der Waals surface area contributed by atoms with E-state index in [1.807, 2.05) is 0 Å². The second-order valence-electron chi connectivity index (χ2n) is 4.48. The third kappa shape index (κ3) is 42.9. The van der Waals surface area contributed by atoms with Gasteiger partial charge in [0.05, 0.1) is 26.1 Å². The summed E-state index contributed by atoms with van der Waals surface area (Å²) in [7, 11) is 0. The van der Waals surface area contributed by atoms with Crippen molar-refractivity contribution in [3.05, 3.63) is 24.3 Å². The minimum Gasteiger partial charge on any atom is -0.481 e. The van der Waals surface area contributed by atoms with Gasteiger partial charge in [-0.15, -0.1) is 0 Å². The number of rotatable bonds is 7. The molecule has 0 amide bonds. The van der Waals surface area contributed by atoms with Crippen molar-refractivity contribution in [3.63, 3.8) is 0 Å². The summed E-state index contributed by atoms with van der Waals surface area (Å²) in [5.74, 6) is -4.02. The smallest absolute Gasteiger partial charge is 0.330 e. The van der Waals surface area contributed by atoms with Gasteiger partial charge in [-0.25, -0.2) is 9.59 Å². The number of aliphatic carboxylic acids is 4. The number of aliphatic hydroxyl groups excluding tert-OH is 3. The number of aliphatic hydroxyl groups is 3. The third-order valence-electron chi connectivity index (χ3n) is 1.70. The molecule has 0 saturated carbocycles. The lowest BCUT2D eigenvalue weighted by atomic mass is 10.3. The van der Waals surface area contributed by atoms with Crippen LogP contribution in [0.15, 0.2) is 24.3 Å². The van der Waals surface area contributed by atoms with Crippen molar-refractivity contribution in [2.75, 3.05) is 13.2 Å². The zero-order valence-corrected chi connectivity index (χ0v) is 14.6. The molecule has 0 rings (SSSR count). The molecule has 0 fully saturated rings. The summed E-state index contributed by atoms with van der Waals surface area (Å²) in [6.07, 6.45) is -1.55. The van der Waals surface area contributed by atoms with E-state index in [4.69, 9.17) is 35.7 Å². The predicted octanol–water partition coefficient (Wildman–Crippen LogP) is -0.438. The quantitative estimate of drug-likeness (QED) is 0.280. The normalized spacial score (nSPS) is 8.38. The number of carboxylic acids is 4. The van der Waals surface area contributed by atoms with Gasteiger partial charge in [-0.05, 0) is 13.8 Å². The number of carboxylic acid groups (broad SMARTS) is 4. The average Bonchev–Trinajstić information content (AvgIpc) is 2.53. The molecule has 0 aliphatic carbocycles. The Morgan fingerprint density at radius 2 is 0.923 bits per heavy atom. The topological polar surface area (TPSA) is 210 Å². The Morgan fingerprint density at radius 3 is 0.962 bits per heavy atom. The van der Waals surface area contributed by atoms with E-state index in [1.165, 1.54) is 13.8 Å². The van der Waals surface area contributed by atoms with Crippen molar-refractivity contribution in [1.29, 1.82) is 0 Å². The molecular weight excluding hydrogens is 356 g/mol. The van der Waals surface area contributed by atoms with Crippen molar-refractivity contribution in [3.8, 4) is 0 Å². The van der Waals surface area contributed by atoms with Crippen molar-refractivity contribution in [1.82, 2.24) is 0 Å². The first-order valence-electron chi connectivity index (χ1n) is 6.83. The predicted molar refractivity (Wildman–Crippen MR) is 89.6 cm³/mol. The highest BCUT2D eigenvalue weighted by atomic mass is 16.4. The lowest BCUT2D eigenvalue weighted by molar-refractivity contribution is -0.143. The van der Waals surface area contributed by atoms with Crippen molar-refractivity contribution in [2.45, 2.75) is 32.8 Å². The molecule has 0 aliphatic heterocycles. The van der Waals surface area contributed by atoms with E-state index in [0.717, 1.165) is 0 Å². The Morgan fingerprint density at radius 1 is 0.731 bits per heavy atom. The summed E-state index contributed by atoms with van der Waals surface area (Å²) in [6, 6.07) is 0. The van der Waals surface area contributed by atoms with Crippen molar-refractivity contribution < 1.29 is 54.9 Å². The highest BCUT2D eigenvalue weighted by Gasteiger charge is 2.00. The first-order chi connectivity index (χ1) is 11.7. The van der Waals surface area contributed by atoms with Gasteiger partial charge in [0, 0.05) is 11.1 Å². The second kappa shape index (κ2) is 20.3. The summed E-state index contributed by atoms with van der Waals surface area (Å²) >= 11 is 0. The summed E-state index contributed by atoms with van der Waals surface area (Å²) in [6.45, 7) is 8.47. The monoisotopic (exact) mass is 382 g/mol. The molecule has 11 heteroatoms. The molecule has 0 aliphatic rings. The Balaban J connectivity index is -0.000000125. The molecule has 0 atom stereocenters. The van der Waals surface area contributed by atoms with Crippen LogP contribution in [0.5, 0.6) is 0 Å². The average molecular weight is 382 g/mol. The van der Waals surface area contributed by atoms with Crippen molar-refractivity contribution in [2.24, 2.45) is 0 Å². The van der Waals surface area contributed by atoms with Crippen LogP contribution in [-0.2, 0) is 19.2 Å². The molecule has 0 unspecified atom stereocenters. The fourth-order valence-electron chi connectivity index (χ4n) is 0.272. The van der Waals surface area contributed by atoms with E-state index in [1.54, 1.807) is 0 Å². The van der Waals surface area contributed by atoms with Gasteiger partial charge in [0.1, 0.15) is 6.10 Å². The molecule has 0 aromatic carbocycles. The van der Waals surface area contributed by atoms with Crippen LogP contribution in [0, 0.1) is 0 Å². The van der Waals surface area contributed by atoms with Crippen LogP contribution in [0.1, 0.15) is 26.7 Å². The summed E-state index contributed by atoms with van der Waals surface area (Å²) in [5.41, 5.74) is 0.352. The zero-order chi connectivity index (χ0) is 21.9. The van der Waals surface area contributed by atoms with Crippen LogP contribution in [0.3, 0.4) is 0 Å². The summed E-state index contributed by atoms with van der Waals surface area (Å²) in [4.78, 5) is 38.5. The van der Waals surface area contributed by atoms with Gasteiger partial charge in [0.15, 0.2) is 0 Å². The van der Waals surface area contributed by atoms with Gasteiger partial charge in [-0.1, -0.05) is 13.2 Å². The van der Waals surface area contributed by atoms with Crippen LogP contribution in [-0.4, -0.2) is 78.9 Å². The fraction of sp³-hybridized carbons (Fsp3) is 0.467. The highest BCUT2D eigenvalue weighted by molar-refractivity contribution is 5.85. The summed E-state index contributed by atoms with van der Waals surface area (Å²) in [5, 5.41) is 55.6. The Bertz CT molecular complexity index is 402. The molecule has 0 bridgehead atoms. The molecule has 0 radical (unpaired) electrons. The first-order valence-corrected chi connectivity index (χ1v) is 6.83. The molecule has 152 valence electrons. The van der Waals surface area contributed by atoms with E-state index < -0.39 is 30.0 Å². The Hall–Kier alpha value is -2.76. The van der Waals surface area contributed by atoms with E-state index in [2.05, 4.69) is 13.2 Å². The molecule has 0 aromatic heterocycles. The maximum atomic E-state index is 9.64. The van der Waals surface area contributed by atoms with E-state index in [9.17, 15) is 19.2 Å². The number of hydrogen-bond acceptors (Lipinski definition) is 7. The van der Waals surface area contributed by atoms with Crippen molar-refractivity contribution >= 4 is 23.9 Å². The van der Waals surface area contributed by atoms with E-state index >= 15 is 0 Å². The zero-order valence-electron chi connectivity index (χ0n) is 14.6. The SMILES string of the molecule is C=C(C)C(=O)O.C=C(C)C(=O)O.O=C(O)CCC(=O)O.OCC(O)CO. The molecular formula is C15H26O11. The molecule has 0 spiro atoms. The van der Waals surface area contributed by atoms with Gasteiger partial charge in [0.2, 0.25) is 0 Å². The van der Waals surface area contributed by atoms with Gasteiger partial charge in [-0.2, -0.15) is 0 Å². The second-order valence-corrected chi connectivity index (χ2v) is 4.48. The van der Waals surface area contributed by atoms with Gasteiger partial charge in [0.25, 0.3) is 0 Å². The third-order valence-corrected chi connectivity index (χ3v) is 1.70. The largest absolute Gasteiger partial charge is 0.481 e. The molecule has 11 nitrogen and oxygen atoms in total. The molecule has 0 heterocycles. The Labute approximate surface area is 150 Å². The maximum absolute atomic E-state index is 9.64. The first kappa shape index (κ1) is 31.1.